The van der Waals surface area contributed by atoms with Gasteiger partial charge in [0.15, 0.2) is 23.1 Å². The third kappa shape index (κ3) is 4.82. The van der Waals surface area contributed by atoms with Crippen molar-refractivity contribution in [1.82, 2.24) is 10.3 Å². The van der Waals surface area contributed by atoms with Gasteiger partial charge in [0.25, 0.3) is 0 Å². The molecule has 1 aliphatic rings. The van der Waals surface area contributed by atoms with Crippen molar-refractivity contribution in [3.63, 3.8) is 0 Å². The molecule has 2 amide bonds. The molecule has 0 saturated carbocycles. The highest BCUT2D eigenvalue weighted by molar-refractivity contribution is 5.89. The van der Waals surface area contributed by atoms with E-state index in [-0.39, 0.29) is 17.7 Å². The number of carbonyl (C=O) groups is 1. The monoisotopic (exact) mass is 427 g/mol. The highest BCUT2D eigenvalue weighted by atomic mass is 19.1. The van der Waals surface area contributed by atoms with E-state index in [1.165, 1.54) is 18.3 Å². The zero-order valence-electron chi connectivity index (χ0n) is 16.5. The van der Waals surface area contributed by atoms with E-state index < -0.39 is 17.7 Å². The first kappa shape index (κ1) is 20.4. The average molecular weight is 427 g/mol. The van der Waals surface area contributed by atoms with Crippen LogP contribution in [0.15, 0.2) is 54.7 Å². The Labute approximate surface area is 177 Å². The Morgan fingerprint density at radius 2 is 2.03 bits per heavy atom. The minimum atomic E-state index is -0.836. The van der Waals surface area contributed by atoms with E-state index in [0.717, 1.165) is 17.7 Å². The summed E-state index contributed by atoms with van der Waals surface area (Å²) in [6.07, 6.45) is 1.97. The van der Waals surface area contributed by atoms with Gasteiger partial charge in [-0.2, -0.15) is 0 Å². The summed E-state index contributed by atoms with van der Waals surface area (Å²) in [6, 6.07) is 11.0. The molecule has 31 heavy (non-hydrogen) atoms. The van der Waals surface area contributed by atoms with E-state index in [4.69, 9.17) is 14.2 Å². The molecule has 0 radical (unpaired) electrons. The minimum Gasteiger partial charge on any atom is -0.493 e. The summed E-state index contributed by atoms with van der Waals surface area (Å²) < 4.78 is 43.0. The van der Waals surface area contributed by atoms with Gasteiger partial charge in [-0.15, -0.1) is 0 Å². The van der Waals surface area contributed by atoms with Crippen molar-refractivity contribution < 1.29 is 27.8 Å². The summed E-state index contributed by atoms with van der Waals surface area (Å²) in [5, 5.41) is 5.53. The van der Waals surface area contributed by atoms with Gasteiger partial charge in [-0.25, -0.2) is 18.6 Å². The second-order valence-electron chi connectivity index (χ2n) is 6.82. The number of hydrogen-bond acceptors (Lipinski definition) is 5. The van der Waals surface area contributed by atoms with Gasteiger partial charge in [0.05, 0.1) is 25.0 Å². The van der Waals surface area contributed by atoms with Crippen LogP contribution in [0, 0.1) is 11.6 Å². The number of nitrogens with one attached hydrogen (secondary N) is 2. The normalized spacial score (nSPS) is 14.7. The Morgan fingerprint density at radius 3 is 2.77 bits per heavy atom. The molecule has 0 bridgehead atoms. The lowest BCUT2D eigenvalue weighted by Crippen LogP contribution is -2.44. The second-order valence-corrected chi connectivity index (χ2v) is 6.82. The molecule has 0 fully saturated rings. The number of hydrogen-bond donors (Lipinski definition) is 2. The van der Waals surface area contributed by atoms with Gasteiger partial charge in [0.1, 0.15) is 12.4 Å². The summed E-state index contributed by atoms with van der Waals surface area (Å²) in [7, 11) is 1.58. The molecule has 1 aliphatic heterocycles. The number of anilines is 1. The SMILES string of the molecule is COc1cccc2c1OCC(NC(=O)Nc1ccc(Oc3ccc(F)cc3F)nc1)C2. The fourth-order valence-corrected chi connectivity index (χ4v) is 3.19. The molecule has 160 valence electrons. The van der Waals surface area contributed by atoms with Crippen molar-refractivity contribution in [2.45, 2.75) is 12.5 Å². The van der Waals surface area contributed by atoms with Gasteiger partial charge >= 0.3 is 6.03 Å². The number of halogens is 2. The number of benzene rings is 2. The van der Waals surface area contributed by atoms with E-state index in [0.29, 0.717) is 30.2 Å². The van der Waals surface area contributed by atoms with Crippen molar-refractivity contribution in [2.24, 2.45) is 0 Å². The van der Waals surface area contributed by atoms with Crippen molar-refractivity contribution in [3.8, 4) is 23.1 Å². The number of fused-ring (bicyclic) bond motifs is 1. The highest BCUT2D eigenvalue weighted by Crippen LogP contribution is 2.34. The van der Waals surface area contributed by atoms with Gasteiger partial charge in [-0.05, 0) is 30.7 Å². The van der Waals surface area contributed by atoms with E-state index in [9.17, 15) is 13.6 Å². The molecule has 9 heteroatoms. The fourth-order valence-electron chi connectivity index (χ4n) is 3.19. The van der Waals surface area contributed by atoms with Crippen LogP contribution in [0.2, 0.25) is 0 Å². The van der Waals surface area contributed by atoms with Crippen LogP contribution in [0.25, 0.3) is 0 Å². The van der Waals surface area contributed by atoms with E-state index >= 15 is 0 Å². The van der Waals surface area contributed by atoms with E-state index in [2.05, 4.69) is 15.6 Å². The van der Waals surface area contributed by atoms with Crippen molar-refractivity contribution in [1.29, 1.82) is 0 Å². The minimum absolute atomic E-state index is 0.0997. The maximum Gasteiger partial charge on any atom is 0.319 e. The molecule has 0 spiro atoms. The van der Waals surface area contributed by atoms with Gasteiger partial charge in [-0.3, -0.25) is 0 Å². The van der Waals surface area contributed by atoms with Crippen molar-refractivity contribution in [2.75, 3.05) is 19.0 Å². The molecule has 7 nitrogen and oxygen atoms in total. The Bertz CT molecular complexity index is 1090. The number of aromatic nitrogens is 1. The zero-order chi connectivity index (χ0) is 21.8. The first-order valence-electron chi connectivity index (χ1n) is 9.47. The second kappa shape index (κ2) is 8.86. The standard InChI is InChI=1S/C22H19F2N3O4/c1-29-19-4-2-3-13-9-16(12-30-21(13)19)27-22(28)26-15-6-8-20(25-11-15)31-18-7-5-14(23)10-17(18)24/h2-8,10-11,16H,9,12H2,1H3,(H2,26,27,28). The number of rotatable bonds is 5. The molecular weight excluding hydrogens is 408 g/mol. The summed E-state index contributed by atoms with van der Waals surface area (Å²) >= 11 is 0. The molecule has 0 saturated heterocycles. The third-order valence-corrected chi connectivity index (χ3v) is 4.61. The molecule has 1 aromatic heterocycles. The predicted molar refractivity (Wildman–Crippen MR) is 109 cm³/mol. The lowest BCUT2D eigenvalue weighted by atomic mass is 10.0. The van der Waals surface area contributed by atoms with Crippen LogP contribution in [0.4, 0.5) is 19.3 Å². The van der Waals surface area contributed by atoms with Gasteiger partial charge in [0, 0.05) is 17.7 Å². The van der Waals surface area contributed by atoms with Crippen LogP contribution < -0.4 is 24.8 Å². The smallest absolute Gasteiger partial charge is 0.319 e. The lowest BCUT2D eigenvalue weighted by molar-refractivity contribution is 0.217. The number of methoxy groups -OCH3 is 1. The van der Waals surface area contributed by atoms with Crippen LogP contribution >= 0.6 is 0 Å². The molecule has 2 aromatic carbocycles. The van der Waals surface area contributed by atoms with Gasteiger partial charge in [0.2, 0.25) is 5.88 Å². The highest BCUT2D eigenvalue weighted by Gasteiger charge is 2.24. The lowest BCUT2D eigenvalue weighted by Gasteiger charge is -2.27. The van der Waals surface area contributed by atoms with Gasteiger partial charge in [-0.1, -0.05) is 12.1 Å². The maximum absolute atomic E-state index is 13.7. The fraction of sp³-hybridized carbons (Fsp3) is 0.182. The van der Waals surface area contributed by atoms with E-state index in [1.807, 2.05) is 18.2 Å². The number of nitrogens with zero attached hydrogens (tertiary/aromatic N) is 1. The van der Waals surface area contributed by atoms with Crippen LogP contribution in [0.3, 0.4) is 0 Å². The third-order valence-electron chi connectivity index (χ3n) is 4.61. The van der Waals surface area contributed by atoms with Crippen molar-refractivity contribution >= 4 is 11.7 Å². The number of ether oxygens (including phenoxy) is 3. The number of pyridine rings is 1. The molecule has 2 heterocycles. The molecule has 0 aliphatic carbocycles. The molecule has 1 atom stereocenters. The molecule has 4 rings (SSSR count). The maximum atomic E-state index is 13.7. The Kier molecular flexibility index (Phi) is 5.83. The molecule has 2 N–H and O–H groups in total. The van der Waals surface area contributed by atoms with Crippen LogP contribution in [0.1, 0.15) is 5.56 Å². The largest absolute Gasteiger partial charge is 0.493 e. The Morgan fingerprint density at radius 1 is 1.16 bits per heavy atom. The summed E-state index contributed by atoms with van der Waals surface area (Å²) in [5.41, 5.74) is 1.37. The molecule has 3 aromatic rings. The van der Waals surface area contributed by atoms with Crippen LogP contribution in [0.5, 0.6) is 23.1 Å². The van der Waals surface area contributed by atoms with E-state index in [1.54, 1.807) is 13.2 Å². The summed E-state index contributed by atoms with van der Waals surface area (Å²) in [4.78, 5) is 16.3. The number of para-hydroxylation sites is 1. The molecular formula is C22H19F2N3O4. The first-order chi connectivity index (χ1) is 15.0. The summed E-state index contributed by atoms with van der Waals surface area (Å²) in [6.45, 7) is 0.315. The number of amides is 2. The van der Waals surface area contributed by atoms with Crippen LogP contribution in [-0.2, 0) is 6.42 Å². The quantitative estimate of drug-likeness (QED) is 0.635. The van der Waals surface area contributed by atoms with Crippen LogP contribution in [-0.4, -0.2) is 30.8 Å². The molecule has 1 unspecified atom stereocenters. The zero-order valence-corrected chi connectivity index (χ0v) is 16.5. The van der Waals surface area contributed by atoms with Crippen molar-refractivity contribution in [3.05, 3.63) is 71.9 Å². The van der Waals surface area contributed by atoms with Gasteiger partial charge < -0.3 is 24.8 Å². The Hall–Kier alpha value is -3.88. The number of carbonyl (C=O) groups excluding carboxylic acids is 1. The average Bonchev–Trinajstić information content (AvgIpc) is 2.76. The topological polar surface area (TPSA) is 81.7 Å². The first-order valence-corrected chi connectivity index (χ1v) is 9.47. The summed E-state index contributed by atoms with van der Waals surface area (Å²) in [5.74, 6) is -0.231. The Balaban J connectivity index is 1.33. The number of urea groups is 1. The predicted octanol–water partition coefficient (Wildman–Crippen LogP) is 4.29.